The average Bonchev–Trinajstić information content (AvgIpc) is 2.54. The number of hydrogen-bond donors (Lipinski definition) is 0. The Balaban J connectivity index is 2.07. The van der Waals surface area contributed by atoms with Crippen molar-refractivity contribution in [2.75, 3.05) is 33.4 Å². The fourth-order valence-electron chi connectivity index (χ4n) is 1.88. The Morgan fingerprint density at radius 1 is 1.38 bits per heavy atom. The molecule has 0 saturated carbocycles. The van der Waals surface area contributed by atoms with Gasteiger partial charge in [-0.05, 0) is 26.0 Å². The van der Waals surface area contributed by atoms with Crippen LogP contribution >= 0.6 is 0 Å². The van der Waals surface area contributed by atoms with Crippen LogP contribution in [-0.4, -0.2) is 44.0 Å². The molecule has 2 rings (SSSR count). The van der Waals surface area contributed by atoms with Crippen molar-refractivity contribution in [3.05, 3.63) is 11.6 Å². The van der Waals surface area contributed by atoms with Crippen LogP contribution in [-0.2, 0) is 9.47 Å². The highest BCUT2D eigenvalue weighted by Gasteiger charge is 2.35. The van der Waals surface area contributed by atoms with E-state index in [2.05, 4.69) is 18.0 Å². The number of ether oxygens (including phenoxy) is 2. The van der Waals surface area contributed by atoms with E-state index in [1.807, 2.05) is 6.92 Å². The quantitative estimate of drug-likeness (QED) is 0.566. The highest BCUT2D eigenvalue weighted by atomic mass is 16.7. The molecule has 0 radical (unpaired) electrons. The second-order valence-electron chi connectivity index (χ2n) is 3.88. The number of likely N-dealkylation sites (N-methyl/N-ethyl adjacent to an activating group) is 1. The van der Waals surface area contributed by atoms with Gasteiger partial charge in [0.15, 0.2) is 5.79 Å². The van der Waals surface area contributed by atoms with Crippen molar-refractivity contribution in [3.63, 3.8) is 0 Å². The molecule has 3 heteroatoms. The van der Waals surface area contributed by atoms with Crippen LogP contribution in [0, 0.1) is 0 Å². The van der Waals surface area contributed by atoms with E-state index in [1.54, 1.807) is 0 Å². The molecule has 0 aliphatic carbocycles. The van der Waals surface area contributed by atoms with Crippen LogP contribution in [0.15, 0.2) is 11.6 Å². The van der Waals surface area contributed by atoms with Gasteiger partial charge in [-0.1, -0.05) is 6.08 Å². The van der Waals surface area contributed by atoms with E-state index in [0.717, 1.165) is 32.7 Å². The molecule has 0 N–H and O–H groups in total. The van der Waals surface area contributed by atoms with Crippen molar-refractivity contribution in [1.29, 1.82) is 0 Å². The van der Waals surface area contributed by atoms with Crippen molar-refractivity contribution in [2.45, 2.75) is 19.1 Å². The lowest BCUT2D eigenvalue weighted by Gasteiger charge is -2.31. The summed E-state index contributed by atoms with van der Waals surface area (Å²) in [5, 5.41) is 0. The zero-order valence-corrected chi connectivity index (χ0v) is 8.38. The van der Waals surface area contributed by atoms with Crippen molar-refractivity contribution < 1.29 is 9.47 Å². The molecule has 3 nitrogen and oxygen atoms in total. The van der Waals surface area contributed by atoms with E-state index in [9.17, 15) is 0 Å². The molecule has 2 heterocycles. The van der Waals surface area contributed by atoms with Gasteiger partial charge in [0.25, 0.3) is 0 Å². The Morgan fingerprint density at radius 3 is 2.62 bits per heavy atom. The van der Waals surface area contributed by atoms with Crippen molar-refractivity contribution in [1.82, 2.24) is 4.90 Å². The molecule has 0 unspecified atom stereocenters. The van der Waals surface area contributed by atoms with Crippen LogP contribution in [0.4, 0.5) is 0 Å². The first kappa shape index (κ1) is 9.19. The van der Waals surface area contributed by atoms with E-state index in [-0.39, 0.29) is 0 Å². The lowest BCUT2D eigenvalue weighted by atomic mass is 10.0. The summed E-state index contributed by atoms with van der Waals surface area (Å²) < 4.78 is 11.2. The zero-order valence-electron chi connectivity index (χ0n) is 8.38. The fraction of sp³-hybridized carbons (Fsp3) is 0.800. The van der Waals surface area contributed by atoms with Crippen molar-refractivity contribution in [3.8, 4) is 0 Å². The highest BCUT2D eigenvalue weighted by molar-refractivity contribution is 5.16. The van der Waals surface area contributed by atoms with E-state index in [0.29, 0.717) is 0 Å². The summed E-state index contributed by atoms with van der Waals surface area (Å²) in [5.41, 5.74) is 1.31. The number of rotatable bonds is 1. The normalized spacial score (nSPS) is 28.9. The standard InChI is InChI=1S/C10H17NO2/c1-10(12-7-8-13-10)9-3-5-11(2)6-4-9/h3H,4-8H2,1-2H3. The maximum absolute atomic E-state index is 5.61. The van der Waals surface area contributed by atoms with E-state index < -0.39 is 5.79 Å². The second kappa shape index (κ2) is 3.40. The van der Waals surface area contributed by atoms with Crippen LogP contribution in [0.1, 0.15) is 13.3 Å². The first-order chi connectivity index (χ1) is 6.21. The highest BCUT2D eigenvalue weighted by Crippen LogP contribution is 2.30. The Morgan fingerprint density at radius 2 is 2.08 bits per heavy atom. The van der Waals surface area contributed by atoms with Crippen LogP contribution in [0.2, 0.25) is 0 Å². The van der Waals surface area contributed by atoms with Crippen LogP contribution in [0.25, 0.3) is 0 Å². The molecule has 2 aliphatic rings. The predicted molar refractivity (Wildman–Crippen MR) is 50.5 cm³/mol. The lowest BCUT2D eigenvalue weighted by Crippen LogP contribution is -2.35. The Hall–Kier alpha value is -0.380. The molecule has 74 valence electrons. The van der Waals surface area contributed by atoms with Crippen molar-refractivity contribution >= 4 is 0 Å². The average molecular weight is 183 g/mol. The summed E-state index contributed by atoms with van der Waals surface area (Å²) in [6.45, 7) is 5.59. The summed E-state index contributed by atoms with van der Waals surface area (Å²) in [6, 6.07) is 0. The van der Waals surface area contributed by atoms with Crippen LogP contribution < -0.4 is 0 Å². The summed E-state index contributed by atoms with van der Waals surface area (Å²) in [5.74, 6) is -0.415. The van der Waals surface area contributed by atoms with E-state index in [4.69, 9.17) is 9.47 Å². The number of nitrogens with zero attached hydrogens (tertiary/aromatic N) is 1. The zero-order chi connectivity index (χ0) is 9.31. The van der Waals surface area contributed by atoms with Gasteiger partial charge in [0.05, 0.1) is 13.2 Å². The largest absolute Gasteiger partial charge is 0.344 e. The van der Waals surface area contributed by atoms with Gasteiger partial charge in [-0.15, -0.1) is 0 Å². The predicted octanol–water partition coefficient (Wildman–Crippen LogP) is 1.01. The molecule has 13 heavy (non-hydrogen) atoms. The summed E-state index contributed by atoms with van der Waals surface area (Å²) in [7, 11) is 2.13. The molecular weight excluding hydrogens is 166 g/mol. The topological polar surface area (TPSA) is 21.7 Å². The molecule has 1 fully saturated rings. The van der Waals surface area contributed by atoms with Gasteiger partial charge in [0.1, 0.15) is 0 Å². The Bertz CT molecular complexity index is 219. The van der Waals surface area contributed by atoms with E-state index >= 15 is 0 Å². The first-order valence-corrected chi connectivity index (χ1v) is 4.87. The first-order valence-electron chi connectivity index (χ1n) is 4.87. The van der Waals surface area contributed by atoms with Crippen molar-refractivity contribution in [2.24, 2.45) is 0 Å². The number of hydrogen-bond acceptors (Lipinski definition) is 3. The minimum Gasteiger partial charge on any atom is -0.344 e. The third-order valence-corrected chi connectivity index (χ3v) is 2.83. The van der Waals surface area contributed by atoms with Crippen LogP contribution in [0.5, 0.6) is 0 Å². The van der Waals surface area contributed by atoms with Gasteiger partial charge in [0.2, 0.25) is 0 Å². The second-order valence-corrected chi connectivity index (χ2v) is 3.88. The van der Waals surface area contributed by atoms with Gasteiger partial charge in [0, 0.05) is 13.1 Å². The third-order valence-electron chi connectivity index (χ3n) is 2.83. The van der Waals surface area contributed by atoms with Gasteiger partial charge in [-0.2, -0.15) is 0 Å². The van der Waals surface area contributed by atoms with Gasteiger partial charge >= 0.3 is 0 Å². The third kappa shape index (κ3) is 1.77. The molecular formula is C10H17NO2. The van der Waals surface area contributed by atoms with Gasteiger partial charge < -0.3 is 14.4 Å². The lowest BCUT2D eigenvalue weighted by molar-refractivity contribution is -0.113. The molecule has 0 aromatic carbocycles. The minimum absolute atomic E-state index is 0.415. The molecule has 0 aromatic heterocycles. The Labute approximate surface area is 79.3 Å². The maximum Gasteiger partial charge on any atom is 0.188 e. The molecule has 0 amide bonds. The minimum atomic E-state index is -0.415. The van der Waals surface area contributed by atoms with Crippen LogP contribution in [0.3, 0.4) is 0 Å². The summed E-state index contributed by atoms with van der Waals surface area (Å²) >= 11 is 0. The molecule has 0 bridgehead atoms. The molecule has 0 aromatic rings. The molecule has 2 aliphatic heterocycles. The van der Waals surface area contributed by atoms with Gasteiger partial charge in [-0.25, -0.2) is 0 Å². The van der Waals surface area contributed by atoms with E-state index in [1.165, 1.54) is 5.57 Å². The summed E-state index contributed by atoms with van der Waals surface area (Å²) in [6.07, 6.45) is 3.29. The Kier molecular flexibility index (Phi) is 2.41. The maximum atomic E-state index is 5.61. The molecule has 1 saturated heterocycles. The SMILES string of the molecule is CN1CC=C(C2(C)OCCO2)CC1. The smallest absolute Gasteiger partial charge is 0.188 e. The summed E-state index contributed by atoms with van der Waals surface area (Å²) in [4.78, 5) is 2.29. The molecule has 0 atom stereocenters. The molecule has 0 spiro atoms. The fourth-order valence-corrected chi connectivity index (χ4v) is 1.88. The monoisotopic (exact) mass is 183 g/mol. The van der Waals surface area contributed by atoms with Gasteiger partial charge in [-0.3, -0.25) is 0 Å².